The van der Waals surface area contributed by atoms with Crippen molar-refractivity contribution in [2.45, 2.75) is 6.18 Å². The van der Waals surface area contributed by atoms with Gasteiger partial charge >= 0.3 is 6.18 Å². The molecule has 1 aromatic carbocycles. The molecule has 7 heteroatoms. The predicted molar refractivity (Wildman–Crippen MR) is 63.2 cm³/mol. The standard InChI is InChI=1S/C12H11F4N3/c1-17-11-9(7-3-5-8(13)6-4-7)10(12(14,15)16)18-19(11)2/h3-6,17H,1-2H3. The van der Waals surface area contributed by atoms with Crippen LogP contribution in [0.5, 0.6) is 0 Å². The molecule has 1 heterocycles. The summed E-state index contributed by atoms with van der Waals surface area (Å²) in [6, 6.07) is 4.81. The second-order valence-electron chi connectivity index (χ2n) is 3.95. The van der Waals surface area contributed by atoms with Crippen LogP contribution < -0.4 is 5.32 Å². The first-order valence-electron chi connectivity index (χ1n) is 5.42. The van der Waals surface area contributed by atoms with Crippen LogP contribution in [0.4, 0.5) is 23.4 Å². The number of rotatable bonds is 2. The molecule has 19 heavy (non-hydrogen) atoms. The van der Waals surface area contributed by atoms with Crippen LogP contribution in [0, 0.1) is 5.82 Å². The van der Waals surface area contributed by atoms with Crippen molar-refractivity contribution in [3.63, 3.8) is 0 Å². The molecule has 0 saturated carbocycles. The summed E-state index contributed by atoms with van der Waals surface area (Å²) in [6.07, 6.45) is -4.57. The molecule has 0 fully saturated rings. The summed E-state index contributed by atoms with van der Waals surface area (Å²) >= 11 is 0. The van der Waals surface area contributed by atoms with Crippen LogP contribution in [0.3, 0.4) is 0 Å². The monoisotopic (exact) mass is 273 g/mol. The molecule has 0 aliphatic rings. The van der Waals surface area contributed by atoms with E-state index in [1.807, 2.05) is 0 Å². The molecule has 0 spiro atoms. The molecule has 1 N–H and O–H groups in total. The fourth-order valence-electron chi connectivity index (χ4n) is 1.90. The summed E-state index contributed by atoms with van der Waals surface area (Å²) < 4.78 is 52.9. The maximum absolute atomic E-state index is 13.0. The molecular weight excluding hydrogens is 262 g/mol. The van der Waals surface area contributed by atoms with Gasteiger partial charge in [0.1, 0.15) is 11.6 Å². The number of hydrogen-bond acceptors (Lipinski definition) is 2. The van der Waals surface area contributed by atoms with E-state index in [9.17, 15) is 17.6 Å². The fourth-order valence-corrected chi connectivity index (χ4v) is 1.90. The summed E-state index contributed by atoms with van der Waals surface area (Å²) in [5.41, 5.74) is -0.824. The first kappa shape index (κ1) is 13.4. The average Bonchev–Trinajstić information content (AvgIpc) is 2.67. The van der Waals surface area contributed by atoms with Crippen molar-refractivity contribution in [3.05, 3.63) is 35.8 Å². The Kier molecular flexibility index (Phi) is 3.21. The number of nitrogens with zero attached hydrogens (tertiary/aromatic N) is 2. The smallest absolute Gasteiger partial charge is 0.373 e. The molecule has 0 radical (unpaired) electrons. The lowest BCUT2D eigenvalue weighted by molar-refractivity contribution is -0.140. The molecule has 2 aromatic rings. The van der Waals surface area contributed by atoms with E-state index in [-0.39, 0.29) is 16.9 Å². The molecule has 2 rings (SSSR count). The highest BCUT2D eigenvalue weighted by Crippen LogP contribution is 2.40. The van der Waals surface area contributed by atoms with E-state index in [0.717, 1.165) is 16.8 Å². The van der Waals surface area contributed by atoms with Gasteiger partial charge < -0.3 is 5.32 Å². The molecule has 0 unspecified atom stereocenters. The first-order valence-corrected chi connectivity index (χ1v) is 5.42. The Morgan fingerprint density at radius 1 is 1.16 bits per heavy atom. The van der Waals surface area contributed by atoms with Crippen LogP contribution in [-0.4, -0.2) is 16.8 Å². The average molecular weight is 273 g/mol. The summed E-state index contributed by atoms with van der Waals surface area (Å²) in [5, 5.41) is 6.16. The lowest BCUT2D eigenvalue weighted by atomic mass is 10.0. The first-order chi connectivity index (χ1) is 8.84. The zero-order valence-corrected chi connectivity index (χ0v) is 10.2. The van der Waals surface area contributed by atoms with Crippen molar-refractivity contribution < 1.29 is 17.6 Å². The number of anilines is 1. The van der Waals surface area contributed by atoms with E-state index in [1.165, 1.54) is 26.2 Å². The Hall–Kier alpha value is -2.05. The van der Waals surface area contributed by atoms with Crippen LogP contribution in [0.15, 0.2) is 24.3 Å². The summed E-state index contributed by atoms with van der Waals surface area (Å²) in [4.78, 5) is 0. The Morgan fingerprint density at radius 3 is 2.21 bits per heavy atom. The second kappa shape index (κ2) is 4.56. The molecule has 1 aromatic heterocycles. The van der Waals surface area contributed by atoms with E-state index in [2.05, 4.69) is 10.4 Å². The van der Waals surface area contributed by atoms with E-state index in [4.69, 9.17) is 0 Å². The van der Waals surface area contributed by atoms with Gasteiger partial charge in [-0.05, 0) is 17.7 Å². The van der Waals surface area contributed by atoms with Gasteiger partial charge in [-0.3, -0.25) is 4.68 Å². The number of alkyl halides is 3. The van der Waals surface area contributed by atoms with Crippen LogP contribution in [-0.2, 0) is 13.2 Å². The van der Waals surface area contributed by atoms with Gasteiger partial charge in [0.25, 0.3) is 0 Å². The Bertz CT molecular complexity index is 584. The molecule has 0 atom stereocenters. The third kappa shape index (κ3) is 2.40. The third-order valence-corrected chi connectivity index (χ3v) is 2.69. The van der Waals surface area contributed by atoms with Crippen molar-refractivity contribution in [3.8, 4) is 11.1 Å². The van der Waals surface area contributed by atoms with Crippen LogP contribution in [0.2, 0.25) is 0 Å². The van der Waals surface area contributed by atoms with Gasteiger partial charge in [0.15, 0.2) is 5.69 Å². The largest absolute Gasteiger partial charge is 0.435 e. The molecule has 102 valence electrons. The molecule has 0 bridgehead atoms. The van der Waals surface area contributed by atoms with Crippen molar-refractivity contribution >= 4 is 5.82 Å². The van der Waals surface area contributed by atoms with Crippen LogP contribution in [0.25, 0.3) is 11.1 Å². The number of aromatic nitrogens is 2. The van der Waals surface area contributed by atoms with Crippen molar-refractivity contribution in [1.82, 2.24) is 9.78 Å². The lowest BCUT2D eigenvalue weighted by Crippen LogP contribution is -2.08. The quantitative estimate of drug-likeness (QED) is 0.851. The van der Waals surface area contributed by atoms with Crippen LogP contribution >= 0.6 is 0 Å². The van der Waals surface area contributed by atoms with Crippen molar-refractivity contribution in [2.24, 2.45) is 7.05 Å². The van der Waals surface area contributed by atoms with E-state index in [0.29, 0.717) is 0 Å². The fraction of sp³-hybridized carbons (Fsp3) is 0.250. The zero-order valence-electron chi connectivity index (χ0n) is 10.2. The van der Waals surface area contributed by atoms with Gasteiger partial charge in [-0.15, -0.1) is 0 Å². The van der Waals surface area contributed by atoms with Gasteiger partial charge in [0.2, 0.25) is 0 Å². The normalized spacial score (nSPS) is 11.7. The highest BCUT2D eigenvalue weighted by molar-refractivity contribution is 5.78. The van der Waals surface area contributed by atoms with E-state index >= 15 is 0 Å². The lowest BCUT2D eigenvalue weighted by Gasteiger charge is -2.08. The Morgan fingerprint density at radius 2 is 1.74 bits per heavy atom. The minimum absolute atomic E-state index is 0.0856. The van der Waals surface area contributed by atoms with E-state index in [1.54, 1.807) is 0 Å². The topological polar surface area (TPSA) is 29.9 Å². The minimum Gasteiger partial charge on any atom is -0.373 e. The molecule has 0 amide bonds. The summed E-state index contributed by atoms with van der Waals surface area (Å²) in [7, 11) is 2.91. The SMILES string of the molecule is CNc1c(-c2ccc(F)cc2)c(C(F)(F)F)nn1C. The molecule has 0 saturated heterocycles. The van der Waals surface area contributed by atoms with Gasteiger partial charge in [-0.2, -0.15) is 18.3 Å². The number of hydrogen-bond donors (Lipinski definition) is 1. The third-order valence-electron chi connectivity index (χ3n) is 2.69. The number of halogens is 4. The number of benzene rings is 1. The summed E-state index contributed by atoms with van der Waals surface area (Å²) in [5.74, 6) is -0.286. The molecular formula is C12H11F4N3. The van der Waals surface area contributed by atoms with Crippen molar-refractivity contribution in [2.75, 3.05) is 12.4 Å². The van der Waals surface area contributed by atoms with Gasteiger partial charge in [0, 0.05) is 14.1 Å². The molecule has 0 aliphatic heterocycles. The minimum atomic E-state index is -4.57. The highest BCUT2D eigenvalue weighted by atomic mass is 19.4. The number of nitrogens with one attached hydrogen (secondary N) is 1. The van der Waals surface area contributed by atoms with Gasteiger partial charge in [0.05, 0.1) is 5.56 Å². The van der Waals surface area contributed by atoms with Gasteiger partial charge in [-0.1, -0.05) is 12.1 Å². The Labute approximate surface area is 106 Å². The van der Waals surface area contributed by atoms with Crippen LogP contribution in [0.1, 0.15) is 5.69 Å². The van der Waals surface area contributed by atoms with Crippen molar-refractivity contribution in [1.29, 1.82) is 0 Å². The zero-order chi connectivity index (χ0) is 14.2. The predicted octanol–water partition coefficient (Wildman–Crippen LogP) is 3.29. The summed E-state index contributed by atoms with van der Waals surface area (Å²) in [6.45, 7) is 0. The molecule has 0 aliphatic carbocycles. The maximum atomic E-state index is 13.0. The van der Waals surface area contributed by atoms with Gasteiger partial charge in [-0.25, -0.2) is 4.39 Å². The Balaban J connectivity index is 2.69. The highest BCUT2D eigenvalue weighted by Gasteiger charge is 2.39. The van der Waals surface area contributed by atoms with E-state index < -0.39 is 17.7 Å². The maximum Gasteiger partial charge on any atom is 0.435 e. The second-order valence-corrected chi connectivity index (χ2v) is 3.95. The number of aryl methyl sites for hydroxylation is 1. The molecule has 3 nitrogen and oxygen atoms in total.